The number of nitrogens with zero attached hydrogens (tertiary/aromatic N) is 1. The minimum Gasteiger partial charge on any atom is -0.496 e. The quantitative estimate of drug-likeness (QED) is 0.733. The molecule has 0 saturated carbocycles. The van der Waals surface area contributed by atoms with Gasteiger partial charge in [-0.05, 0) is 25.5 Å². The van der Waals surface area contributed by atoms with Crippen LogP contribution >= 0.6 is 0 Å². The zero-order chi connectivity index (χ0) is 17.6. The monoisotopic (exact) mass is 336 g/mol. The molecule has 7 nitrogen and oxygen atoms in total. The van der Waals surface area contributed by atoms with Crippen molar-refractivity contribution in [3.8, 4) is 5.75 Å². The highest BCUT2D eigenvalue weighted by Crippen LogP contribution is 2.29. The Hall–Kier alpha value is -2.12. The van der Waals surface area contributed by atoms with E-state index in [1.165, 1.54) is 7.11 Å². The number of methoxy groups -OCH3 is 2. The van der Waals surface area contributed by atoms with Gasteiger partial charge in [-0.3, -0.25) is 14.5 Å². The topological polar surface area (TPSA) is 88.1 Å². The maximum atomic E-state index is 12.3. The molecule has 0 bridgehead atoms. The highest BCUT2D eigenvalue weighted by atomic mass is 16.5. The van der Waals surface area contributed by atoms with Crippen LogP contribution < -0.4 is 10.1 Å². The number of likely N-dealkylation sites (tertiary alicyclic amines) is 1. The number of benzene rings is 1. The Balaban J connectivity index is 1.97. The molecule has 0 spiro atoms. The Morgan fingerprint density at radius 1 is 1.33 bits per heavy atom. The van der Waals surface area contributed by atoms with Crippen molar-refractivity contribution < 1.29 is 24.2 Å². The first-order valence-electron chi connectivity index (χ1n) is 7.89. The predicted molar refractivity (Wildman–Crippen MR) is 87.9 cm³/mol. The molecule has 24 heavy (non-hydrogen) atoms. The normalized spacial score (nSPS) is 20.8. The first kappa shape index (κ1) is 18.2. The third-order valence-electron chi connectivity index (χ3n) is 4.41. The third-order valence-corrected chi connectivity index (χ3v) is 4.41. The number of carbonyl (C=O) groups excluding carboxylic acids is 1. The summed E-state index contributed by atoms with van der Waals surface area (Å²) in [4.78, 5) is 25.6. The van der Waals surface area contributed by atoms with E-state index < -0.39 is 11.5 Å². The Morgan fingerprint density at radius 3 is 2.75 bits per heavy atom. The van der Waals surface area contributed by atoms with Crippen molar-refractivity contribution in [2.45, 2.75) is 24.9 Å². The van der Waals surface area contributed by atoms with Gasteiger partial charge in [-0.15, -0.1) is 0 Å². The van der Waals surface area contributed by atoms with Crippen LogP contribution in [0.25, 0.3) is 0 Å². The number of amides is 1. The lowest BCUT2D eigenvalue weighted by molar-refractivity contribution is -0.154. The molecular formula is C17H24N2O5. The molecule has 1 amide bonds. The van der Waals surface area contributed by atoms with E-state index in [4.69, 9.17) is 9.47 Å². The lowest BCUT2D eigenvalue weighted by atomic mass is 9.97. The minimum atomic E-state index is -1.11. The molecular weight excluding hydrogens is 312 g/mol. The Morgan fingerprint density at radius 2 is 2.08 bits per heavy atom. The van der Waals surface area contributed by atoms with E-state index in [0.29, 0.717) is 25.3 Å². The molecule has 1 atom stereocenters. The van der Waals surface area contributed by atoms with E-state index in [9.17, 15) is 14.7 Å². The Bertz CT molecular complexity index is 592. The molecule has 0 radical (unpaired) electrons. The molecule has 1 aromatic carbocycles. The van der Waals surface area contributed by atoms with Crippen LogP contribution in [-0.4, -0.2) is 61.3 Å². The Labute approximate surface area is 141 Å². The summed E-state index contributed by atoms with van der Waals surface area (Å²) in [6.07, 6.45) is 1.21. The van der Waals surface area contributed by atoms with Gasteiger partial charge in [0.2, 0.25) is 5.91 Å². The van der Waals surface area contributed by atoms with Gasteiger partial charge >= 0.3 is 5.97 Å². The van der Waals surface area contributed by atoms with Gasteiger partial charge in [0.25, 0.3) is 0 Å². The smallest absolute Gasteiger partial charge is 0.326 e. The van der Waals surface area contributed by atoms with Crippen molar-refractivity contribution in [3.05, 3.63) is 29.8 Å². The lowest BCUT2D eigenvalue weighted by Crippen LogP contribution is -2.56. The molecule has 1 unspecified atom stereocenters. The highest BCUT2D eigenvalue weighted by molar-refractivity contribution is 5.82. The average Bonchev–Trinajstić information content (AvgIpc) is 2.97. The molecule has 1 aliphatic rings. The summed E-state index contributed by atoms with van der Waals surface area (Å²) in [6, 6.07) is 7.44. The van der Waals surface area contributed by atoms with Crippen LogP contribution in [0.5, 0.6) is 5.75 Å². The molecule has 1 fully saturated rings. The fourth-order valence-electron chi connectivity index (χ4n) is 3.14. The number of rotatable bonds is 8. The molecule has 0 aliphatic carbocycles. The van der Waals surface area contributed by atoms with Crippen LogP contribution in [-0.2, 0) is 20.9 Å². The van der Waals surface area contributed by atoms with Crippen LogP contribution in [0.2, 0.25) is 0 Å². The summed E-state index contributed by atoms with van der Waals surface area (Å²) in [5.74, 6) is -0.456. The molecule has 7 heteroatoms. The van der Waals surface area contributed by atoms with Crippen molar-refractivity contribution >= 4 is 11.9 Å². The maximum absolute atomic E-state index is 12.3. The van der Waals surface area contributed by atoms with Crippen LogP contribution in [0.1, 0.15) is 18.4 Å². The van der Waals surface area contributed by atoms with Crippen LogP contribution in [0.3, 0.4) is 0 Å². The van der Waals surface area contributed by atoms with Crippen LogP contribution in [0, 0.1) is 0 Å². The van der Waals surface area contributed by atoms with Crippen molar-refractivity contribution in [2.24, 2.45) is 0 Å². The molecule has 2 rings (SSSR count). The van der Waals surface area contributed by atoms with Gasteiger partial charge in [-0.25, -0.2) is 0 Å². The molecule has 1 heterocycles. The van der Waals surface area contributed by atoms with E-state index >= 15 is 0 Å². The molecule has 1 aromatic rings. The number of ether oxygens (including phenoxy) is 2. The van der Waals surface area contributed by atoms with Crippen LogP contribution in [0.15, 0.2) is 24.3 Å². The number of carboxylic acids is 1. The maximum Gasteiger partial charge on any atom is 0.326 e. The summed E-state index contributed by atoms with van der Waals surface area (Å²) in [5, 5.41) is 12.4. The lowest BCUT2D eigenvalue weighted by Gasteiger charge is -2.33. The second-order valence-electron chi connectivity index (χ2n) is 5.88. The summed E-state index contributed by atoms with van der Waals surface area (Å²) in [7, 11) is 3.06. The number of aliphatic carboxylic acids is 1. The number of nitrogens with one attached hydrogen (secondary N) is 1. The summed E-state index contributed by atoms with van der Waals surface area (Å²) >= 11 is 0. The SMILES string of the molecule is COCC1(C(=O)O)CCCN1CC(=O)NCc1ccccc1OC. The molecule has 1 saturated heterocycles. The summed E-state index contributed by atoms with van der Waals surface area (Å²) < 4.78 is 10.3. The predicted octanol–water partition coefficient (Wildman–Crippen LogP) is 0.877. The second kappa shape index (κ2) is 8.12. The molecule has 132 valence electrons. The fourth-order valence-corrected chi connectivity index (χ4v) is 3.14. The third kappa shape index (κ3) is 3.85. The molecule has 2 N–H and O–H groups in total. The van der Waals surface area contributed by atoms with Gasteiger partial charge < -0.3 is 19.9 Å². The van der Waals surface area contributed by atoms with Gasteiger partial charge in [-0.2, -0.15) is 0 Å². The van der Waals surface area contributed by atoms with E-state index in [1.807, 2.05) is 24.3 Å². The number of carbonyl (C=O) groups is 2. The number of hydrogen-bond acceptors (Lipinski definition) is 5. The standard InChI is InChI=1S/C17H24N2O5/c1-23-12-17(16(21)22)8-5-9-19(17)11-15(20)18-10-13-6-3-4-7-14(13)24-2/h3-4,6-7H,5,8-12H2,1-2H3,(H,18,20)(H,21,22). The van der Waals surface area contributed by atoms with Crippen molar-refractivity contribution in [1.82, 2.24) is 10.2 Å². The zero-order valence-corrected chi connectivity index (χ0v) is 14.1. The second-order valence-corrected chi connectivity index (χ2v) is 5.88. The largest absolute Gasteiger partial charge is 0.496 e. The van der Waals surface area contributed by atoms with Gasteiger partial charge in [0.1, 0.15) is 11.3 Å². The molecule has 0 aromatic heterocycles. The highest BCUT2D eigenvalue weighted by Gasteiger charge is 2.48. The van der Waals surface area contributed by atoms with E-state index in [0.717, 1.165) is 12.0 Å². The fraction of sp³-hybridized carbons (Fsp3) is 0.529. The summed E-state index contributed by atoms with van der Waals surface area (Å²) in [6.45, 7) is 1.01. The number of hydrogen-bond donors (Lipinski definition) is 2. The number of para-hydroxylation sites is 1. The first-order valence-corrected chi connectivity index (χ1v) is 7.89. The summed E-state index contributed by atoms with van der Waals surface area (Å²) in [5.41, 5.74) is -0.243. The van der Waals surface area contributed by atoms with E-state index in [1.54, 1.807) is 12.0 Å². The van der Waals surface area contributed by atoms with E-state index in [2.05, 4.69) is 5.32 Å². The van der Waals surface area contributed by atoms with Crippen molar-refractivity contribution in [2.75, 3.05) is 33.9 Å². The van der Waals surface area contributed by atoms with Crippen molar-refractivity contribution in [3.63, 3.8) is 0 Å². The van der Waals surface area contributed by atoms with Gasteiger partial charge in [0, 0.05) is 19.2 Å². The van der Waals surface area contributed by atoms with Gasteiger partial charge in [0.15, 0.2) is 0 Å². The van der Waals surface area contributed by atoms with Gasteiger partial charge in [-0.1, -0.05) is 18.2 Å². The van der Waals surface area contributed by atoms with Crippen LogP contribution in [0.4, 0.5) is 0 Å². The average molecular weight is 336 g/mol. The molecule has 1 aliphatic heterocycles. The van der Waals surface area contributed by atoms with E-state index in [-0.39, 0.29) is 19.1 Å². The zero-order valence-electron chi connectivity index (χ0n) is 14.1. The number of carboxylic acid groups (broad SMARTS) is 1. The first-order chi connectivity index (χ1) is 11.5. The minimum absolute atomic E-state index is 0.0325. The van der Waals surface area contributed by atoms with Gasteiger partial charge in [0.05, 0.1) is 20.3 Å². The Kier molecular flexibility index (Phi) is 6.16. The van der Waals surface area contributed by atoms with Crippen molar-refractivity contribution in [1.29, 1.82) is 0 Å².